The van der Waals surface area contributed by atoms with E-state index in [2.05, 4.69) is 18.4 Å². The molecule has 0 saturated carbocycles. The number of rotatable bonds is 6. The molecule has 0 spiro atoms. The highest BCUT2D eigenvalue weighted by Crippen LogP contribution is 2.30. The number of methoxy groups -OCH3 is 3. The van der Waals surface area contributed by atoms with Crippen molar-refractivity contribution in [1.29, 1.82) is 0 Å². The molecule has 0 unspecified atom stereocenters. The highest BCUT2D eigenvalue weighted by atomic mass is 16.5. The third-order valence-corrected chi connectivity index (χ3v) is 3.36. The van der Waals surface area contributed by atoms with Gasteiger partial charge in [-0.2, -0.15) is 0 Å². The zero-order valence-electron chi connectivity index (χ0n) is 13.5. The second kappa shape index (κ2) is 8.64. The molecular formula is C18H20O5. The van der Waals surface area contributed by atoms with Crippen LogP contribution in [0.25, 0.3) is 0 Å². The van der Waals surface area contributed by atoms with Gasteiger partial charge in [0.1, 0.15) is 5.75 Å². The average molecular weight is 316 g/mol. The third-order valence-electron chi connectivity index (χ3n) is 3.36. The van der Waals surface area contributed by atoms with Crippen LogP contribution in [0, 0.1) is 17.3 Å². The third kappa shape index (κ3) is 4.36. The van der Waals surface area contributed by atoms with E-state index in [1.807, 2.05) is 0 Å². The summed E-state index contributed by atoms with van der Waals surface area (Å²) in [6, 6.07) is 7.14. The van der Waals surface area contributed by atoms with Gasteiger partial charge in [-0.1, -0.05) is 17.9 Å². The van der Waals surface area contributed by atoms with E-state index >= 15 is 0 Å². The van der Waals surface area contributed by atoms with Gasteiger partial charge in [0.25, 0.3) is 0 Å². The first-order valence-corrected chi connectivity index (χ1v) is 6.94. The van der Waals surface area contributed by atoms with Crippen LogP contribution in [0.5, 0.6) is 5.75 Å². The topological polar surface area (TPSA) is 61.8 Å². The molecule has 0 aliphatic rings. The van der Waals surface area contributed by atoms with Gasteiger partial charge >= 0.3 is 11.9 Å². The lowest BCUT2D eigenvalue weighted by Crippen LogP contribution is -2.40. The molecule has 0 radical (unpaired) electrons. The maximum atomic E-state index is 12.1. The van der Waals surface area contributed by atoms with Gasteiger partial charge in [-0.05, 0) is 30.7 Å². The number of hydrogen-bond donors (Lipinski definition) is 0. The second-order valence-corrected chi connectivity index (χ2v) is 4.77. The van der Waals surface area contributed by atoms with Crippen LogP contribution < -0.4 is 4.74 Å². The van der Waals surface area contributed by atoms with Crippen LogP contribution in [0.1, 0.15) is 18.4 Å². The number of benzene rings is 1. The monoisotopic (exact) mass is 316 g/mol. The molecule has 0 saturated heterocycles. The van der Waals surface area contributed by atoms with Gasteiger partial charge in [0, 0.05) is 12.0 Å². The molecule has 5 heteroatoms. The van der Waals surface area contributed by atoms with Crippen molar-refractivity contribution >= 4 is 11.9 Å². The van der Waals surface area contributed by atoms with Crippen LogP contribution in [-0.4, -0.2) is 33.3 Å². The Labute approximate surface area is 136 Å². The molecule has 1 aromatic rings. The standard InChI is InChI=1S/C18H20O5/c1-5-12-18(16(19)22-3,17(20)23-4)13-6-7-14-8-10-15(21-2)11-9-14/h5,8-11H,1,12-13H2,2-4H3. The van der Waals surface area contributed by atoms with E-state index < -0.39 is 17.4 Å². The SMILES string of the molecule is C=CCC(CC#Cc1ccc(OC)cc1)(C(=O)OC)C(=O)OC. The lowest BCUT2D eigenvalue weighted by molar-refractivity contribution is -0.168. The summed E-state index contributed by atoms with van der Waals surface area (Å²) in [6.45, 7) is 3.59. The molecule has 0 N–H and O–H groups in total. The van der Waals surface area contributed by atoms with Crippen molar-refractivity contribution in [2.45, 2.75) is 12.8 Å². The van der Waals surface area contributed by atoms with Gasteiger partial charge in [-0.25, -0.2) is 0 Å². The lowest BCUT2D eigenvalue weighted by Gasteiger charge is -2.24. The Bertz CT molecular complexity index is 603. The van der Waals surface area contributed by atoms with Crippen LogP contribution in [0.4, 0.5) is 0 Å². The summed E-state index contributed by atoms with van der Waals surface area (Å²) in [6.07, 6.45) is 1.54. The number of ether oxygens (including phenoxy) is 3. The predicted molar refractivity (Wildman–Crippen MR) is 85.8 cm³/mol. The maximum absolute atomic E-state index is 12.1. The fourth-order valence-electron chi connectivity index (χ4n) is 2.08. The number of hydrogen-bond acceptors (Lipinski definition) is 5. The molecular weight excluding hydrogens is 296 g/mol. The Hall–Kier alpha value is -2.74. The minimum absolute atomic E-state index is 0.0234. The minimum atomic E-state index is -1.50. The van der Waals surface area contributed by atoms with E-state index in [0.717, 1.165) is 11.3 Å². The van der Waals surface area contributed by atoms with Gasteiger partial charge in [-0.3, -0.25) is 9.59 Å². The van der Waals surface area contributed by atoms with Crippen molar-refractivity contribution < 1.29 is 23.8 Å². The zero-order valence-corrected chi connectivity index (χ0v) is 13.5. The largest absolute Gasteiger partial charge is 0.497 e. The Morgan fingerprint density at radius 2 is 1.70 bits per heavy atom. The first kappa shape index (κ1) is 18.3. The number of esters is 2. The molecule has 0 bridgehead atoms. The summed E-state index contributed by atoms with van der Waals surface area (Å²) >= 11 is 0. The average Bonchev–Trinajstić information content (AvgIpc) is 2.60. The quantitative estimate of drug-likeness (QED) is 0.349. The molecule has 0 atom stereocenters. The van der Waals surface area contributed by atoms with Crippen molar-refractivity contribution in [3.8, 4) is 17.6 Å². The van der Waals surface area contributed by atoms with Gasteiger partial charge in [0.05, 0.1) is 21.3 Å². The van der Waals surface area contributed by atoms with Crippen LogP contribution in [0.2, 0.25) is 0 Å². The fourth-order valence-corrected chi connectivity index (χ4v) is 2.08. The zero-order chi connectivity index (χ0) is 17.3. The Kier molecular flexibility index (Phi) is 6.88. The van der Waals surface area contributed by atoms with Gasteiger partial charge in [0.2, 0.25) is 0 Å². The normalized spacial score (nSPS) is 10.0. The van der Waals surface area contributed by atoms with Gasteiger partial charge < -0.3 is 14.2 Å². The van der Waals surface area contributed by atoms with Crippen molar-refractivity contribution in [1.82, 2.24) is 0 Å². The fraction of sp³-hybridized carbons (Fsp3) is 0.333. The van der Waals surface area contributed by atoms with E-state index in [4.69, 9.17) is 14.2 Å². The molecule has 0 heterocycles. The van der Waals surface area contributed by atoms with E-state index in [9.17, 15) is 9.59 Å². The maximum Gasteiger partial charge on any atom is 0.324 e. The lowest BCUT2D eigenvalue weighted by atomic mass is 9.81. The Balaban J connectivity index is 3.05. The van der Waals surface area contributed by atoms with E-state index in [1.165, 1.54) is 20.3 Å². The first-order chi connectivity index (χ1) is 11.0. The molecule has 0 aromatic heterocycles. The number of carbonyl (C=O) groups is 2. The van der Waals surface area contributed by atoms with E-state index in [1.54, 1.807) is 31.4 Å². The number of allylic oxidation sites excluding steroid dienone is 1. The minimum Gasteiger partial charge on any atom is -0.497 e. The molecule has 23 heavy (non-hydrogen) atoms. The highest BCUT2D eigenvalue weighted by Gasteiger charge is 2.46. The number of carbonyl (C=O) groups excluding carboxylic acids is 2. The van der Waals surface area contributed by atoms with Crippen molar-refractivity contribution in [2.24, 2.45) is 5.41 Å². The predicted octanol–water partition coefficient (Wildman–Crippen LogP) is 2.35. The first-order valence-electron chi connectivity index (χ1n) is 6.94. The molecule has 0 aliphatic heterocycles. The van der Waals surface area contributed by atoms with Crippen molar-refractivity contribution in [3.05, 3.63) is 42.5 Å². The highest BCUT2D eigenvalue weighted by molar-refractivity contribution is 6.00. The molecule has 5 nitrogen and oxygen atoms in total. The molecule has 0 fully saturated rings. The van der Waals surface area contributed by atoms with Crippen molar-refractivity contribution in [3.63, 3.8) is 0 Å². The van der Waals surface area contributed by atoms with Crippen LogP contribution in [0.3, 0.4) is 0 Å². The van der Waals surface area contributed by atoms with Crippen LogP contribution in [0.15, 0.2) is 36.9 Å². The Morgan fingerprint density at radius 3 is 2.13 bits per heavy atom. The van der Waals surface area contributed by atoms with E-state index in [-0.39, 0.29) is 12.8 Å². The molecule has 1 rings (SSSR count). The summed E-state index contributed by atoms with van der Waals surface area (Å²) in [5, 5.41) is 0. The summed E-state index contributed by atoms with van der Waals surface area (Å²) in [7, 11) is 4.02. The van der Waals surface area contributed by atoms with Gasteiger partial charge in [0.15, 0.2) is 5.41 Å². The second-order valence-electron chi connectivity index (χ2n) is 4.77. The molecule has 122 valence electrons. The Morgan fingerprint density at radius 1 is 1.13 bits per heavy atom. The molecule has 0 amide bonds. The van der Waals surface area contributed by atoms with Crippen molar-refractivity contribution in [2.75, 3.05) is 21.3 Å². The molecule has 0 aliphatic carbocycles. The molecule has 1 aromatic carbocycles. The summed E-state index contributed by atoms with van der Waals surface area (Å²) in [5.74, 6) is 5.12. The summed E-state index contributed by atoms with van der Waals surface area (Å²) in [4.78, 5) is 24.2. The van der Waals surface area contributed by atoms with Gasteiger partial charge in [-0.15, -0.1) is 6.58 Å². The summed E-state index contributed by atoms with van der Waals surface area (Å²) in [5.41, 5.74) is -0.752. The summed E-state index contributed by atoms with van der Waals surface area (Å²) < 4.78 is 14.6. The smallest absolute Gasteiger partial charge is 0.324 e. The van der Waals surface area contributed by atoms with Crippen LogP contribution >= 0.6 is 0 Å². The van der Waals surface area contributed by atoms with E-state index in [0.29, 0.717) is 0 Å². The van der Waals surface area contributed by atoms with Crippen LogP contribution in [-0.2, 0) is 19.1 Å².